The number of aromatic nitrogens is 1. The van der Waals surface area contributed by atoms with E-state index in [0.29, 0.717) is 6.04 Å². The molecule has 3 nitrogen and oxygen atoms in total. The fourth-order valence-corrected chi connectivity index (χ4v) is 2.81. The van der Waals surface area contributed by atoms with Crippen LogP contribution in [0.5, 0.6) is 0 Å². The fraction of sp³-hybridized carbons (Fsp3) is 0.786. The van der Waals surface area contributed by atoms with E-state index in [1.165, 1.54) is 36.4 Å². The minimum atomic E-state index is 0.643. The van der Waals surface area contributed by atoms with Crippen LogP contribution in [-0.4, -0.2) is 29.0 Å². The molecule has 0 saturated heterocycles. The summed E-state index contributed by atoms with van der Waals surface area (Å²) in [5.41, 5.74) is 1.22. The first-order valence-corrected chi connectivity index (χ1v) is 7.94. The van der Waals surface area contributed by atoms with Crippen molar-refractivity contribution >= 4 is 11.3 Å². The standard InChI is InChI=1S/C14H25N3S/c1-4-5-11(2)17(3)9-13-10-18-14(16-13)8-15-12-6-7-12/h10-12,15H,4-9H2,1-3H3. The molecule has 18 heavy (non-hydrogen) atoms. The average molecular weight is 267 g/mol. The maximum absolute atomic E-state index is 4.71. The summed E-state index contributed by atoms with van der Waals surface area (Å²) in [5, 5.41) is 6.95. The minimum absolute atomic E-state index is 0.643. The second-order valence-corrected chi connectivity index (χ2v) is 6.38. The predicted molar refractivity (Wildman–Crippen MR) is 77.8 cm³/mol. The molecular weight excluding hydrogens is 242 g/mol. The smallest absolute Gasteiger partial charge is 0.107 e. The van der Waals surface area contributed by atoms with E-state index in [1.807, 2.05) is 0 Å². The van der Waals surface area contributed by atoms with E-state index >= 15 is 0 Å². The molecule has 1 aliphatic carbocycles. The summed E-state index contributed by atoms with van der Waals surface area (Å²) >= 11 is 1.79. The fourth-order valence-electron chi connectivity index (χ4n) is 2.07. The van der Waals surface area contributed by atoms with Crippen LogP contribution in [0.25, 0.3) is 0 Å². The third-order valence-corrected chi connectivity index (χ3v) is 4.49. The van der Waals surface area contributed by atoms with Crippen molar-refractivity contribution in [2.45, 2.75) is 64.7 Å². The normalized spacial score (nSPS) is 17.3. The van der Waals surface area contributed by atoms with Gasteiger partial charge in [-0.15, -0.1) is 11.3 Å². The number of hydrogen-bond donors (Lipinski definition) is 1. The SMILES string of the molecule is CCCC(C)N(C)Cc1csc(CNC2CC2)n1. The van der Waals surface area contributed by atoms with E-state index in [1.54, 1.807) is 11.3 Å². The van der Waals surface area contributed by atoms with Crippen LogP contribution >= 0.6 is 11.3 Å². The van der Waals surface area contributed by atoms with Gasteiger partial charge in [0, 0.05) is 30.6 Å². The maximum atomic E-state index is 4.71. The minimum Gasteiger partial charge on any atom is -0.308 e. The summed E-state index contributed by atoms with van der Waals surface area (Å²) in [6, 6.07) is 1.41. The molecule has 1 aromatic rings. The Morgan fingerprint density at radius 3 is 3.00 bits per heavy atom. The molecule has 1 unspecified atom stereocenters. The lowest BCUT2D eigenvalue weighted by Crippen LogP contribution is -2.28. The van der Waals surface area contributed by atoms with Gasteiger partial charge in [-0.1, -0.05) is 13.3 Å². The number of rotatable bonds is 8. The highest BCUT2D eigenvalue weighted by Gasteiger charge is 2.20. The van der Waals surface area contributed by atoms with Gasteiger partial charge in [0.05, 0.1) is 5.69 Å². The molecular formula is C14H25N3S. The zero-order chi connectivity index (χ0) is 13.0. The second kappa shape index (κ2) is 6.64. The van der Waals surface area contributed by atoms with Crippen LogP contribution in [0.2, 0.25) is 0 Å². The van der Waals surface area contributed by atoms with Crippen molar-refractivity contribution in [1.29, 1.82) is 0 Å². The van der Waals surface area contributed by atoms with E-state index in [-0.39, 0.29) is 0 Å². The third-order valence-electron chi connectivity index (χ3n) is 3.59. The van der Waals surface area contributed by atoms with Gasteiger partial charge < -0.3 is 5.32 Å². The molecule has 0 aliphatic heterocycles. The van der Waals surface area contributed by atoms with Crippen LogP contribution in [0.4, 0.5) is 0 Å². The zero-order valence-corrected chi connectivity index (χ0v) is 12.6. The maximum Gasteiger partial charge on any atom is 0.107 e. The molecule has 1 saturated carbocycles. The first-order chi connectivity index (χ1) is 8.69. The van der Waals surface area contributed by atoms with Gasteiger partial charge in [0.25, 0.3) is 0 Å². The summed E-state index contributed by atoms with van der Waals surface area (Å²) in [5.74, 6) is 0. The van der Waals surface area contributed by atoms with E-state index in [4.69, 9.17) is 4.98 Å². The van der Waals surface area contributed by atoms with Crippen LogP contribution in [0.15, 0.2) is 5.38 Å². The summed E-state index contributed by atoms with van der Waals surface area (Å²) in [6.45, 7) is 6.46. The van der Waals surface area contributed by atoms with Crippen LogP contribution < -0.4 is 5.32 Å². The van der Waals surface area contributed by atoms with Crippen molar-refractivity contribution < 1.29 is 0 Å². The highest BCUT2D eigenvalue weighted by molar-refractivity contribution is 7.09. The van der Waals surface area contributed by atoms with Crippen molar-refractivity contribution in [1.82, 2.24) is 15.2 Å². The topological polar surface area (TPSA) is 28.2 Å². The Morgan fingerprint density at radius 2 is 2.33 bits per heavy atom. The average Bonchev–Trinajstić information content (AvgIpc) is 3.08. The first-order valence-electron chi connectivity index (χ1n) is 7.06. The van der Waals surface area contributed by atoms with Crippen molar-refractivity contribution in [2.24, 2.45) is 0 Å². The van der Waals surface area contributed by atoms with Gasteiger partial charge in [0.15, 0.2) is 0 Å². The van der Waals surface area contributed by atoms with Gasteiger partial charge >= 0.3 is 0 Å². The number of thiazole rings is 1. The van der Waals surface area contributed by atoms with Gasteiger partial charge in [-0.05, 0) is 33.2 Å². The lowest BCUT2D eigenvalue weighted by Gasteiger charge is -2.23. The summed E-state index contributed by atoms with van der Waals surface area (Å²) in [7, 11) is 2.20. The van der Waals surface area contributed by atoms with Crippen molar-refractivity contribution in [3.05, 3.63) is 16.1 Å². The molecule has 2 rings (SSSR count). The van der Waals surface area contributed by atoms with E-state index in [0.717, 1.165) is 19.1 Å². The summed E-state index contributed by atoms with van der Waals surface area (Å²) < 4.78 is 0. The van der Waals surface area contributed by atoms with E-state index in [9.17, 15) is 0 Å². The van der Waals surface area contributed by atoms with Gasteiger partial charge in [-0.2, -0.15) is 0 Å². The molecule has 1 heterocycles. The Hall–Kier alpha value is -0.450. The molecule has 1 aromatic heterocycles. The van der Waals surface area contributed by atoms with Crippen molar-refractivity contribution in [2.75, 3.05) is 7.05 Å². The van der Waals surface area contributed by atoms with Gasteiger partial charge in [-0.25, -0.2) is 4.98 Å². The Balaban J connectivity index is 1.77. The van der Waals surface area contributed by atoms with Crippen molar-refractivity contribution in [3.8, 4) is 0 Å². The molecule has 1 fully saturated rings. The molecule has 1 N–H and O–H groups in total. The lowest BCUT2D eigenvalue weighted by atomic mass is 10.2. The summed E-state index contributed by atoms with van der Waals surface area (Å²) in [6.07, 6.45) is 5.20. The Bertz CT molecular complexity index is 360. The largest absolute Gasteiger partial charge is 0.308 e. The molecule has 0 spiro atoms. The Kier molecular flexibility index (Phi) is 5.15. The number of nitrogens with one attached hydrogen (secondary N) is 1. The number of nitrogens with zero attached hydrogens (tertiary/aromatic N) is 2. The van der Waals surface area contributed by atoms with Gasteiger partial charge in [0.1, 0.15) is 5.01 Å². The first kappa shape index (κ1) is 14.0. The van der Waals surface area contributed by atoms with Crippen molar-refractivity contribution in [3.63, 3.8) is 0 Å². The molecule has 0 bridgehead atoms. The molecule has 0 amide bonds. The molecule has 4 heteroatoms. The molecule has 102 valence electrons. The Labute approximate surface area is 115 Å². The monoisotopic (exact) mass is 267 g/mol. The third kappa shape index (κ3) is 4.34. The highest BCUT2D eigenvalue weighted by Crippen LogP contribution is 2.20. The number of hydrogen-bond acceptors (Lipinski definition) is 4. The Morgan fingerprint density at radius 1 is 1.56 bits per heavy atom. The highest BCUT2D eigenvalue weighted by atomic mass is 32.1. The molecule has 1 aliphatic rings. The molecule has 0 aromatic carbocycles. The molecule has 0 radical (unpaired) electrons. The zero-order valence-electron chi connectivity index (χ0n) is 11.8. The van der Waals surface area contributed by atoms with Crippen LogP contribution in [0.3, 0.4) is 0 Å². The van der Waals surface area contributed by atoms with Gasteiger partial charge in [0.2, 0.25) is 0 Å². The lowest BCUT2D eigenvalue weighted by molar-refractivity contribution is 0.234. The quantitative estimate of drug-likeness (QED) is 0.785. The molecule has 1 atom stereocenters. The second-order valence-electron chi connectivity index (χ2n) is 5.44. The summed E-state index contributed by atoms with van der Waals surface area (Å²) in [4.78, 5) is 7.11. The van der Waals surface area contributed by atoms with Crippen LogP contribution in [0, 0.1) is 0 Å². The van der Waals surface area contributed by atoms with E-state index in [2.05, 4.69) is 36.5 Å². The van der Waals surface area contributed by atoms with Crippen LogP contribution in [-0.2, 0) is 13.1 Å². The van der Waals surface area contributed by atoms with E-state index < -0.39 is 0 Å². The predicted octanol–water partition coefficient (Wildman–Crippen LogP) is 3.02. The van der Waals surface area contributed by atoms with Gasteiger partial charge in [-0.3, -0.25) is 4.90 Å². The van der Waals surface area contributed by atoms with Crippen LogP contribution in [0.1, 0.15) is 50.2 Å².